The second-order valence-corrected chi connectivity index (χ2v) is 3.40. The first-order valence-corrected chi connectivity index (χ1v) is 4.74. The van der Waals surface area contributed by atoms with Gasteiger partial charge >= 0.3 is 0 Å². The Hall–Kier alpha value is -0.870. The molecule has 0 aromatic carbocycles. The van der Waals surface area contributed by atoms with Crippen LogP contribution in [0.25, 0.3) is 0 Å². The number of aromatic nitrogens is 2. The maximum Gasteiger partial charge on any atom is 0.0619 e. The number of nitrogens with one attached hydrogen (secondary N) is 2. The van der Waals surface area contributed by atoms with Crippen molar-refractivity contribution in [1.29, 1.82) is 0 Å². The molecule has 0 spiro atoms. The molecule has 1 atom stereocenters. The monoisotopic (exact) mass is 181 g/mol. The molecule has 2 heterocycles. The number of H-pyrrole nitrogens is 1. The first kappa shape index (κ1) is 8.72. The summed E-state index contributed by atoms with van der Waals surface area (Å²) < 4.78 is 5.37. The van der Waals surface area contributed by atoms with Gasteiger partial charge in [0.2, 0.25) is 0 Å². The third-order valence-electron chi connectivity index (χ3n) is 2.31. The van der Waals surface area contributed by atoms with Crippen LogP contribution in [0.1, 0.15) is 18.4 Å². The van der Waals surface area contributed by atoms with E-state index in [0.29, 0.717) is 6.04 Å². The van der Waals surface area contributed by atoms with Gasteiger partial charge in [0.05, 0.1) is 12.8 Å². The summed E-state index contributed by atoms with van der Waals surface area (Å²) in [6, 6.07) is 0.517. The topological polar surface area (TPSA) is 49.9 Å². The summed E-state index contributed by atoms with van der Waals surface area (Å²) in [6.07, 6.45) is 6.15. The second kappa shape index (κ2) is 4.39. The first-order valence-electron chi connectivity index (χ1n) is 4.74. The van der Waals surface area contributed by atoms with Gasteiger partial charge in [0.1, 0.15) is 0 Å². The van der Waals surface area contributed by atoms with E-state index in [4.69, 9.17) is 4.74 Å². The molecule has 1 saturated heterocycles. The van der Waals surface area contributed by atoms with Gasteiger partial charge < -0.3 is 10.1 Å². The average Bonchev–Trinajstić information content (AvgIpc) is 2.69. The van der Waals surface area contributed by atoms with Gasteiger partial charge in [0.25, 0.3) is 0 Å². The summed E-state index contributed by atoms with van der Waals surface area (Å²) >= 11 is 0. The summed E-state index contributed by atoms with van der Waals surface area (Å²) in [5.74, 6) is 0. The Morgan fingerprint density at radius 3 is 3.38 bits per heavy atom. The molecule has 0 aliphatic carbocycles. The van der Waals surface area contributed by atoms with Crippen molar-refractivity contribution in [3.8, 4) is 0 Å². The summed E-state index contributed by atoms with van der Waals surface area (Å²) in [5.41, 5.74) is 1.20. The fraction of sp³-hybridized carbons (Fsp3) is 0.667. The maximum absolute atomic E-state index is 5.37. The predicted molar refractivity (Wildman–Crippen MR) is 49.3 cm³/mol. The highest BCUT2D eigenvalue weighted by atomic mass is 16.5. The quantitative estimate of drug-likeness (QED) is 0.721. The molecule has 0 saturated carbocycles. The number of hydrogen-bond acceptors (Lipinski definition) is 3. The summed E-state index contributed by atoms with van der Waals surface area (Å²) in [4.78, 5) is 0. The fourth-order valence-electron chi connectivity index (χ4n) is 1.54. The van der Waals surface area contributed by atoms with Gasteiger partial charge in [-0.3, -0.25) is 5.10 Å². The number of aromatic amines is 1. The molecule has 0 bridgehead atoms. The second-order valence-electron chi connectivity index (χ2n) is 3.40. The van der Waals surface area contributed by atoms with Crippen molar-refractivity contribution >= 4 is 0 Å². The summed E-state index contributed by atoms with van der Waals surface area (Å²) in [7, 11) is 0. The van der Waals surface area contributed by atoms with Gasteiger partial charge in [0, 0.05) is 31.0 Å². The Morgan fingerprint density at radius 1 is 1.69 bits per heavy atom. The van der Waals surface area contributed by atoms with E-state index in [1.807, 2.05) is 12.4 Å². The zero-order chi connectivity index (χ0) is 8.93. The molecule has 1 unspecified atom stereocenters. The minimum Gasteiger partial charge on any atom is -0.380 e. The molecule has 2 rings (SSSR count). The van der Waals surface area contributed by atoms with Gasteiger partial charge in [-0.1, -0.05) is 0 Å². The largest absolute Gasteiger partial charge is 0.380 e. The molecule has 4 heteroatoms. The lowest BCUT2D eigenvalue weighted by molar-refractivity contribution is 0.0699. The Kier molecular flexibility index (Phi) is 2.94. The zero-order valence-electron chi connectivity index (χ0n) is 7.62. The van der Waals surface area contributed by atoms with Crippen LogP contribution >= 0.6 is 0 Å². The van der Waals surface area contributed by atoms with E-state index in [1.165, 1.54) is 18.4 Å². The molecule has 0 radical (unpaired) electrons. The maximum atomic E-state index is 5.37. The van der Waals surface area contributed by atoms with E-state index in [9.17, 15) is 0 Å². The van der Waals surface area contributed by atoms with Crippen LogP contribution in [-0.4, -0.2) is 29.5 Å². The average molecular weight is 181 g/mol. The SMILES string of the molecule is c1n[nH]cc1CNC1CCCOC1. The molecule has 1 aliphatic rings. The van der Waals surface area contributed by atoms with Crippen LogP contribution in [0, 0.1) is 0 Å². The van der Waals surface area contributed by atoms with E-state index >= 15 is 0 Å². The smallest absolute Gasteiger partial charge is 0.0619 e. The lowest BCUT2D eigenvalue weighted by Crippen LogP contribution is -2.36. The highest BCUT2D eigenvalue weighted by molar-refractivity contribution is 5.01. The van der Waals surface area contributed by atoms with E-state index in [2.05, 4.69) is 15.5 Å². The number of ether oxygens (including phenoxy) is 1. The van der Waals surface area contributed by atoms with Crippen molar-refractivity contribution in [2.45, 2.75) is 25.4 Å². The third kappa shape index (κ3) is 2.54. The van der Waals surface area contributed by atoms with Crippen LogP contribution in [0.4, 0.5) is 0 Å². The Bertz CT molecular complexity index is 229. The molecule has 0 amide bonds. The standard InChI is InChI=1S/C9H15N3O/c1-2-9(7-13-3-1)10-4-8-5-11-12-6-8/h5-6,9-10H,1-4,7H2,(H,11,12). The van der Waals surface area contributed by atoms with Crippen LogP contribution < -0.4 is 5.32 Å². The van der Waals surface area contributed by atoms with E-state index < -0.39 is 0 Å². The molecular weight excluding hydrogens is 166 g/mol. The van der Waals surface area contributed by atoms with Gasteiger partial charge in [-0.2, -0.15) is 5.10 Å². The highest BCUT2D eigenvalue weighted by Crippen LogP contribution is 2.06. The van der Waals surface area contributed by atoms with E-state index in [-0.39, 0.29) is 0 Å². The van der Waals surface area contributed by atoms with Crippen molar-refractivity contribution in [3.63, 3.8) is 0 Å². The first-order chi connectivity index (χ1) is 6.45. The molecular formula is C9H15N3O. The van der Waals surface area contributed by atoms with E-state index in [0.717, 1.165) is 19.8 Å². The minimum absolute atomic E-state index is 0.517. The zero-order valence-corrected chi connectivity index (χ0v) is 7.62. The Balaban J connectivity index is 1.72. The molecule has 4 nitrogen and oxygen atoms in total. The van der Waals surface area contributed by atoms with Crippen molar-refractivity contribution in [2.75, 3.05) is 13.2 Å². The van der Waals surface area contributed by atoms with Gasteiger partial charge in [-0.15, -0.1) is 0 Å². The molecule has 72 valence electrons. The number of hydrogen-bond donors (Lipinski definition) is 2. The molecule has 1 aromatic rings. The molecule has 13 heavy (non-hydrogen) atoms. The highest BCUT2D eigenvalue weighted by Gasteiger charge is 2.12. The molecule has 1 aromatic heterocycles. The summed E-state index contributed by atoms with van der Waals surface area (Å²) in [6.45, 7) is 2.65. The Labute approximate surface area is 77.7 Å². The summed E-state index contributed by atoms with van der Waals surface area (Å²) in [5, 5.41) is 10.1. The predicted octanol–water partition coefficient (Wildman–Crippen LogP) is 0.678. The lowest BCUT2D eigenvalue weighted by atomic mass is 10.1. The molecule has 1 fully saturated rings. The van der Waals surface area contributed by atoms with Gasteiger partial charge in [-0.05, 0) is 12.8 Å². The minimum atomic E-state index is 0.517. The van der Waals surface area contributed by atoms with Crippen LogP contribution in [0.2, 0.25) is 0 Å². The lowest BCUT2D eigenvalue weighted by Gasteiger charge is -2.22. The Morgan fingerprint density at radius 2 is 2.69 bits per heavy atom. The van der Waals surface area contributed by atoms with Crippen molar-refractivity contribution in [3.05, 3.63) is 18.0 Å². The molecule has 1 aliphatic heterocycles. The van der Waals surface area contributed by atoms with Crippen LogP contribution in [0.3, 0.4) is 0 Å². The number of rotatable bonds is 3. The van der Waals surface area contributed by atoms with Crippen LogP contribution in [0.15, 0.2) is 12.4 Å². The van der Waals surface area contributed by atoms with Crippen molar-refractivity contribution in [2.24, 2.45) is 0 Å². The normalized spacial score (nSPS) is 23.2. The van der Waals surface area contributed by atoms with E-state index in [1.54, 1.807) is 0 Å². The molecule has 2 N–H and O–H groups in total. The van der Waals surface area contributed by atoms with Crippen molar-refractivity contribution in [1.82, 2.24) is 15.5 Å². The fourth-order valence-corrected chi connectivity index (χ4v) is 1.54. The van der Waals surface area contributed by atoms with Crippen molar-refractivity contribution < 1.29 is 4.74 Å². The van der Waals surface area contributed by atoms with Gasteiger partial charge in [0.15, 0.2) is 0 Å². The third-order valence-corrected chi connectivity index (χ3v) is 2.31. The number of nitrogens with zero attached hydrogens (tertiary/aromatic N) is 1. The van der Waals surface area contributed by atoms with Crippen LogP contribution in [0.5, 0.6) is 0 Å². The van der Waals surface area contributed by atoms with Gasteiger partial charge in [-0.25, -0.2) is 0 Å². The van der Waals surface area contributed by atoms with Crippen LogP contribution in [-0.2, 0) is 11.3 Å².